The zero-order valence-electron chi connectivity index (χ0n) is 5.23. The van der Waals surface area contributed by atoms with Crippen molar-refractivity contribution in [2.75, 3.05) is 7.11 Å². The van der Waals surface area contributed by atoms with Crippen molar-refractivity contribution in [3.63, 3.8) is 0 Å². The molecule has 0 aliphatic carbocycles. The van der Waals surface area contributed by atoms with E-state index in [0.717, 1.165) is 0 Å². The molecule has 0 fully saturated rings. The monoisotopic (exact) mass is 214 g/mol. The molecule has 0 aliphatic rings. The highest BCUT2D eigenvalue weighted by Gasteiger charge is 2.20. The number of ether oxygens (including phenoxy) is 1. The van der Waals surface area contributed by atoms with Gasteiger partial charge in [0.2, 0.25) is 0 Å². The summed E-state index contributed by atoms with van der Waals surface area (Å²) in [6.45, 7) is 1.72. The van der Waals surface area contributed by atoms with Gasteiger partial charge >= 0.3 is 5.97 Å². The lowest BCUT2D eigenvalue weighted by molar-refractivity contribution is -0.139. The number of alkyl halides is 2. The van der Waals surface area contributed by atoms with E-state index in [-0.39, 0.29) is 11.3 Å². The summed E-state index contributed by atoms with van der Waals surface area (Å²) in [4.78, 5) is 10.2. The first-order valence-corrected chi connectivity index (χ1v) is 3.80. The van der Waals surface area contributed by atoms with Crippen LogP contribution in [0.1, 0.15) is 6.92 Å². The molecule has 0 radical (unpaired) electrons. The third kappa shape index (κ3) is 3.06. The Morgan fingerprint density at radius 3 is 2.33 bits per heavy atom. The van der Waals surface area contributed by atoms with E-state index in [4.69, 9.17) is 11.6 Å². The van der Waals surface area contributed by atoms with Gasteiger partial charge in [0.15, 0.2) is 0 Å². The van der Waals surface area contributed by atoms with Crippen LogP contribution in [0.5, 0.6) is 0 Å². The molecular formula is C5H8BrClO2. The van der Waals surface area contributed by atoms with Crippen LogP contribution in [0, 0.1) is 0 Å². The molecule has 2 nitrogen and oxygen atoms in total. The predicted octanol–water partition coefficient (Wildman–Crippen LogP) is 1.55. The maximum Gasteiger partial charge on any atom is 0.320 e. The molecule has 0 aromatic carbocycles. The Balaban J connectivity index is 3.72. The average Bonchev–Trinajstić information content (AvgIpc) is 1.84. The molecule has 0 bridgehead atoms. The summed E-state index contributed by atoms with van der Waals surface area (Å²) in [5.41, 5.74) is 0. The van der Waals surface area contributed by atoms with Gasteiger partial charge in [-0.3, -0.25) is 4.79 Å². The van der Waals surface area contributed by atoms with E-state index in [9.17, 15) is 4.79 Å². The van der Waals surface area contributed by atoms with Crippen molar-refractivity contribution in [3.05, 3.63) is 0 Å². The summed E-state index contributed by atoms with van der Waals surface area (Å²) < 4.78 is 4.40. The molecule has 0 aromatic heterocycles. The van der Waals surface area contributed by atoms with E-state index in [1.165, 1.54) is 7.11 Å². The van der Waals surface area contributed by atoms with Crippen LogP contribution in [0.25, 0.3) is 0 Å². The van der Waals surface area contributed by atoms with Gasteiger partial charge in [0, 0.05) is 0 Å². The second-order valence-electron chi connectivity index (χ2n) is 1.60. The zero-order chi connectivity index (χ0) is 7.44. The minimum Gasteiger partial charge on any atom is -0.468 e. The highest BCUT2D eigenvalue weighted by atomic mass is 79.9. The van der Waals surface area contributed by atoms with Crippen molar-refractivity contribution in [1.82, 2.24) is 0 Å². The van der Waals surface area contributed by atoms with Gasteiger partial charge in [-0.1, -0.05) is 15.9 Å². The van der Waals surface area contributed by atoms with E-state index < -0.39 is 4.83 Å². The van der Waals surface area contributed by atoms with Crippen LogP contribution >= 0.6 is 27.5 Å². The first kappa shape index (κ1) is 9.24. The van der Waals surface area contributed by atoms with Gasteiger partial charge in [-0.05, 0) is 6.92 Å². The van der Waals surface area contributed by atoms with Crippen molar-refractivity contribution in [2.45, 2.75) is 17.1 Å². The second-order valence-corrected chi connectivity index (χ2v) is 3.28. The van der Waals surface area contributed by atoms with Gasteiger partial charge in [-0.15, -0.1) is 11.6 Å². The fourth-order valence-corrected chi connectivity index (χ4v) is 0.590. The van der Waals surface area contributed by atoms with Crippen LogP contribution < -0.4 is 0 Å². The first-order chi connectivity index (χ1) is 4.09. The Hall–Kier alpha value is 0.240. The molecule has 9 heavy (non-hydrogen) atoms. The molecule has 0 heterocycles. The fraction of sp³-hybridized carbons (Fsp3) is 0.800. The maximum absolute atomic E-state index is 10.6. The smallest absolute Gasteiger partial charge is 0.320 e. The Bertz CT molecular complexity index is 105. The Morgan fingerprint density at radius 1 is 1.78 bits per heavy atom. The first-order valence-electron chi connectivity index (χ1n) is 2.45. The van der Waals surface area contributed by atoms with Crippen molar-refractivity contribution >= 4 is 33.5 Å². The molecule has 0 spiro atoms. The van der Waals surface area contributed by atoms with E-state index in [0.29, 0.717) is 0 Å². The lowest BCUT2D eigenvalue weighted by Gasteiger charge is -2.07. The molecule has 4 heteroatoms. The molecule has 0 aromatic rings. The van der Waals surface area contributed by atoms with Gasteiger partial charge in [0.05, 0.1) is 12.5 Å². The van der Waals surface area contributed by atoms with E-state index in [2.05, 4.69) is 20.7 Å². The SMILES string of the molecule is COC(=O)[C@@H](Br)[C@@H](C)Cl. The Morgan fingerprint density at radius 2 is 2.22 bits per heavy atom. The van der Waals surface area contributed by atoms with Crippen LogP contribution in [-0.4, -0.2) is 23.3 Å². The molecule has 0 saturated heterocycles. The molecule has 0 saturated carbocycles. The normalized spacial score (nSPS) is 16.4. The van der Waals surface area contributed by atoms with E-state index in [1.807, 2.05) is 0 Å². The third-order valence-corrected chi connectivity index (χ3v) is 2.55. The summed E-state index contributed by atoms with van der Waals surface area (Å²) in [6, 6.07) is 0. The van der Waals surface area contributed by atoms with Crippen molar-refractivity contribution in [1.29, 1.82) is 0 Å². The van der Waals surface area contributed by atoms with Crippen molar-refractivity contribution in [3.8, 4) is 0 Å². The van der Waals surface area contributed by atoms with Gasteiger partial charge in [0.1, 0.15) is 4.83 Å². The number of halogens is 2. The van der Waals surface area contributed by atoms with Crippen LogP contribution in [0.3, 0.4) is 0 Å². The number of carbonyl (C=O) groups excluding carboxylic acids is 1. The molecule has 0 unspecified atom stereocenters. The van der Waals surface area contributed by atoms with E-state index in [1.54, 1.807) is 6.92 Å². The lowest BCUT2D eigenvalue weighted by Crippen LogP contribution is -2.23. The van der Waals surface area contributed by atoms with Crippen LogP contribution in [0.15, 0.2) is 0 Å². The highest BCUT2D eigenvalue weighted by molar-refractivity contribution is 9.10. The maximum atomic E-state index is 10.6. The topological polar surface area (TPSA) is 26.3 Å². The minimum absolute atomic E-state index is 0.238. The van der Waals surface area contributed by atoms with Gasteiger partial charge in [-0.25, -0.2) is 0 Å². The van der Waals surface area contributed by atoms with E-state index >= 15 is 0 Å². The molecule has 0 rings (SSSR count). The molecule has 0 aliphatic heterocycles. The summed E-state index contributed by atoms with van der Waals surface area (Å²) in [6.07, 6.45) is 0. The predicted molar refractivity (Wildman–Crippen MR) is 40.0 cm³/mol. The Labute approximate surface area is 67.6 Å². The second kappa shape index (κ2) is 4.12. The van der Waals surface area contributed by atoms with Crippen LogP contribution in [0.2, 0.25) is 0 Å². The number of hydrogen-bond donors (Lipinski definition) is 0. The number of methoxy groups -OCH3 is 1. The quantitative estimate of drug-likeness (QED) is 0.516. The van der Waals surface area contributed by atoms with Gasteiger partial charge < -0.3 is 4.74 Å². The minimum atomic E-state index is -0.399. The lowest BCUT2D eigenvalue weighted by atomic mass is 10.3. The molecular weight excluding hydrogens is 207 g/mol. The summed E-state index contributed by atoms with van der Waals surface area (Å²) in [5, 5.41) is -0.238. The molecule has 54 valence electrons. The van der Waals surface area contributed by atoms with Crippen LogP contribution in [0.4, 0.5) is 0 Å². The standard InChI is InChI=1S/C5H8BrClO2/c1-3(7)4(6)5(8)9-2/h3-4H,1-2H3/t3-,4+/m1/s1. The third-order valence-electron chi connectivity index (χ3n) is 0.830. The highest BCUT2D eigenvalue weighted by Crippen LogP contribution is 2.12. The molecule has 0 N–H and O–H groups in total. The van der Waals surface area contributed by atoms with Crippen molar-refractivity contribution in [2.24, 2.45) is 0 Å². The van der Waals surface area contributed by atoms with Gasteiger partial charge in [-0.2, -0.15) is 0 Å². The number of esters is 1. The average molecular weight is 215 g/mol. The van der Waals surface area contributed by atoms with Gasteiger partial charge in [0.25, 0.3) is 0 Å². The van der Waals surface area contributed by atoms with Crippen molar-refractivity contribution < 1.29 is 9.53 Å². The largest absolute Gasteiger partial charge is 0.468 e. The van der Waals surface area contributed by atoms with Crippen LogP contribution in [-0.2, 0) is 9.53 Å². The summed E-state index contributed by atoms with van der Waals surface area (Å²) >= 11 is 8.62. The fourth-order valence-electron chi connectivity index (χ4n) is 0.300. The number of rotatable bonds is 2. The number of carbonyl (C=O) groups is 1. The molecule has 0 amide bonds. The summed E-state index contributed by atoms with van der Waals surface area (Å²) in [7, 11) is 1.33. The number of hydrogen-bond acceptors (Lipinski definition) is 2. The molecule has 2 atom stereocenters. The summed E-state index contributed by atoms with van der Waals surface area (Å²) in [5.74, 6) is -0.336. The zero-order valence-corrected chi connectivity index (χ0v) is 7.57. The Kier molecular flexibility index (Phi) is 4.23.